The molecule has 3 rings (SSSR count). The van der Waals surface area contributed by atoms with E-state index in [0.29, 0.717) is 28.1 Å². The van der Waals surface area contributed by atoms with E-state index >= 15 is 0 Å². The van der Waals surface area contributed by atoms with Gasteiger partial charge in [0.05, 0.1) is 5.39 Å². The van der Waals surface area contributed by atoms with E-state index in [-0.39, 0.29) is 5.82 Å². The van der Waals surface area contributed by atoms with E-state index in [4.69, 9.17) is 4.74 Å². The summed E-state index contributed by atoms with van der Waals surface area (Å²) in [5.74, 6) is 0.425. The summed E-state index contributed by atoms with van der Waals surface area (Å²) in [6, 6.07) is 7.53. The van der Waals surface area contributed by atoms with Crippen molar-refractivity contribution < 1.29 is 13.9 Å². The molecule has 0 aliphatic heterocycles. The van der Waals surface area contributed by atoms with Crippen molar-refractivity contribution in [1.29, 1.82) is 0 Å². The smallest absolute Gasteiger partial charge is 0.154 e. The second-order valence-corrected chi connectivity index (χ2v) is 6.42. The van der Waals surface area contributed by atoms with Crippen molar-refractivity contribution in [3.8, 4) is 11.5 Å². The Hall–Kier alpha value is -2.86. The molecule has 0 saturated heterocycles. The van der Waals surface area contributed by atoms with E-state index in [1.165, 1.54) is 24.1 Å². The normalized spacial score (nSPS) is 12.0. The molecule has 0 fully saturated rings. The van der Waals surface area contributed by atoms with E-state index in [9.17, 15) is 9.18 Å². The highest BCUT2D eigenvalue weighted by Crippen LogP contribution is 2.35. The Bertz CT molecular complexity index is 1010. The van der Waals surface area contributed by atoms with Gasteiger partial charge in [-0.15, -0.1) is 0 Å². The van der Waals surface area contributed by atoms with Crippen molar-refractivity contribution in [3.63, 3.8) is 0 Å². The average molecular weight is 368 g/mol. The number of allylic oxidation sites excluding steroid dienone is 3. The van der Waals surface area contributed by atoms with Gasteiger partial charge in [-0.05, 0) is 44.0 Å². The number of benzene rings is 1. The molecule has 3 aromatic rings. The third kappa shape index (κ3) is 3.70. The first-order valence-electron chi connectivity index (χ1n) is 8.02. The van der Waals surface area contributed by atoms with Crippen LogP contribution in [0.4, 0.5) is 4.39 Å². The fourth-order valence-corrected chi connectivity index (χ4v) is 3.40. The monoisotopic (exact) mass is 368 g/mol. The highest BCUT2D eigenvalue weighted by atomic mass is 32.2. The van der Waals surface area contributed by atoms with E-state index in [2.05, 4.69) is 4.98 Å². The molecule has 0 bridgehead atoms. The van der Waals surface area contributed by atoms with E-state index in [1.807, 2.05) is 36.0 Å². The van der Waals surface area contributed by atoms with Crippen molar-refractivity contribution in [1.82, 2.24) is 8.96 Å². The van der Waals surface area contributed by atoms with E-state index in [1.54, 1.807) is 30.6 Å². The molecule has 0 atom stereocenters. The third-order valence-corrected chi connectivity index (χ3v) is 4.67. The van der Waals surface area contributed by atoms with Gasteiger partial charge < -0.3 is 4.74 Å². The summed E-state index contributed by atoms with van der Waals surface area (Å²) in [5.41, 5.74) is 1.07. The van der Waals surface area contributed by atoms with Crippen LogP contribution >= 0.6 is 11.9 Å². The van der Waals surface area contributed by atoms with Gasteiger partial charge in [-0.25, -0.2) is 9.37 Å². The minimum absolute atomic E-state index is 0.359. The Morgan fingerprint density at radius 2 is 2.15 bits per heavy atom. The maximum Gasteiger partial charge on any atom is 0.154 e. The number of nitrogens with zero attached hydrogens (tertiary/aromatic N) is 2. The Kier molecular flexibility index (Phi) is 5.53. The molecule has 4 nitrogen and oxygen atoms in total. The lowest BCUT2D eigenvalue weighted by Gasteiger charge is -2.08. The summed E-state index contributed by atoms with van der Waals surface area (Å²) in [6.45, 7) is 3.89. The number of carbonyl (C=O) groups is 1. The predicted molar refractivity (Wildman–Crippen MR) is 103 cm³/mol. The van der Waals surface area contributed by atoms with Crippen LogP contribution in [0.3, 0.4) is 0 Å². The molecule has 0 N–H and O–H groups in total. The number of halogens is 1. The number of rotatable bonds is 6. The highest BCUT2D eigenvalue weighted by Gasteiger charge is 2.16. The molecule has 132 valence electrons. The quantitative estimate of drug-likeness (QED) is 0.410. The molecular weight excluding hydrogens is 351 g/mol. The Morgan fingerprint density at radius 3 is 2.85 bits per heavy atom. The Balaban J connectivity index is 2.07. The summed E-state index contributed by atoms with van der Waals surface area (Å²) in [7, 11) is 0. The molecule has 0 aliphatic carbocycles. The fraction of sp³-hybridized carbons (Fsp3) is 0.100. The van der Waals surface area contributed by atoms with Crippen LogP contribution in [-0.2, 0) is 0 Å². The van der Waals surface area contributed by atoms with Crippen LogP contribution in [0.5, 0.6) is 11.5 Å². The number of aromatic nitrogens is 2. The SMILES string of the molecule is C/C=C\C(=C/C)Sn1cc(C=O)c2c(Oc3cccc(F)c3)ccnc21. The number of hydrogen-bond donors (Lipinski definition) is 0. The zero-order valence-electron chi connectivity index (χ0n) is 14.3. The van der Waals surface area contributed by atoms with Gasteiger partial charge in [0.1, 0.15) is 17.3 Å². The molecule has 0 aliphatic rings. The molecule has 2 aromatic heterocycles. The lowest BCUT2D eigenvalue weighted by atomic mass is 10.2. The van der Waals surface area contributed by atoms with Crippen molar-refractivity contribution in [2.24, 2.45) is 0 Å². The summed E-state index contributed by atoms with van der Waals surface area (Å²) < 4.78 is 21.1. The van der Waals surface area contributed by atoms with Gasteiger partial charge in [-0.1, -0.05) is 24.3 Å². The van der Waals surface area contributed by atoms with Crippen molar-refractivity contribution in [2.45, 2.75) is 13.8 Å². The van der Waals surface area contributed by atoms with Gasteiger partial charge in [-0.3, -0.25) is 8.77 Å². The molecule has 0 radical (unpaired) electrons. The van der Waals surface area contributed by atoms with Crippen LogP contribution < -0.4 is 4.74 Å². The largest absolute Gasteiger partial charge is 0.456 e. The number of pyridine rings is 1. The topological polar surface area (TPSA) is 44.1 Å². The molecule has 1 aromatic carbocycles. The fourth-order valence-electron chi connectivity index (χ4n) is 2.48. The molecule has 2 heterocycles. The number of ether oxygens (including phenoxy) is 1. The van der Waals surface area contributed by atoms with Crippen LogP contribution in [0, 0.1) is 5.82 Å². The summed E-state index contributed by atoms with van der Waals surface area (Å²) in [4.78, 5) is 17.0. The first-order chi connectivity index (χ1) is 12.7. The van der Waals surface area contributed by atoms with Crippen LogP contribution in [0.15, 0.2) is 65.9 Å². The second-order valence-electron chi connectivity index (χ2n) is 5.38. The average Bonchev–Trinajstić information content (AvgIpc) is 3.00. The standard InChI is InChI=1S/C20H17FN2O2S/c1-3-6-17(4-2)26-23-12-14(13-24)19-18(9-10-22-20(19)23)25-16-8-5-7-15(21)11-16/h3-13H,1-2H3/b6-3-,17-4+. The predicted octanol–water partition coefficient (Wildman–Crippen LogP) is 5.76. The van der Waals surface area contributed by atoms with Gasteiger partial charge >= 0.3 is 0 Å². The summed E-state index contributed by atoms with van der Waals surface area (Å²) in [5, 5.41) is 0.593. The zero-order chi connectivity index (χ0) is 18.5. The van der Waals surface area contributed by atoms with Crippen LogP contribution in [0.2, 0.25) is 0 Å². The Labute approximate surface area is 155 Å². The number of hydrogen-bond acceptors (Lipinski definition) is 4. The summed E-state index contributed by atoms with van der Waals surface area (Å²) in [6.07, 6.45) is 9.99. The first-order valence-corrected chi connectivity index (χ1v) is 8.79. The maximum absolute atomic E-state index is 13.4. The van der Waals surface area contributed by atoms with Crippen molar-refractivity contribution in [3.05, 3.63) is 77.2 Å². The van der Waals surface area contributed by atoms with Crippen molar-refractivity contribution in [2.75, 3.05) is 0 Å². The molecule has 0 saturated carbocycles. The lowest BCUT2D eigenvalue weighted by molar-refractivity contribution is 0.112. The minimum Gasteiger partial charge on any atom is -0.456 e. The first kappa shape index (κ1) is 17.9. The minimum atomic E-state index is -0.388. The Morgan fingerprint density at radius 1 is 1.31 bits per heavy atom. The van der Waals surface area contributed by atoms with Crippen LogP contribution in [-0.4, -0.2) is 15.2 Å². The maximum atomic E-state index is 13.4. The van der Waals surface area contributed by atoms with Gasteiger partial charge in [0.15, 0.2) is 11.9 Å². The number of aldehydes is 1. The molecule has 0 amide bonds. The van der Waals surface area contributed by atoms with E-state index in [0.717, 1.165) is 11.2 Å². The molecule has 0 spiro atoms. The molecule has 0 unspecified atom stereocenters. The summed E-state index contributed by atoms with van der Waals surface area (Å²) >= 11 is 1.45. The highest BCUT2D eigenvalue weighted by molar-refractivity contribution is 8.02. The van der Waals surface area contributed by atoms with Crippen molar-refractivity contribution >= 4 is 29.3 Å². The molecule has 26 heavy (non-hydrogen) atoms. The van der Waals surface area contributed by atoms with Crippen LogP contribution in [0.1, 0.15) is 24.2 Å². The van der Waals surface area contributed by atoms with E-state index < -0.39 is 0 Å². The van der Waals surface area contributed by atoms with Gasteiger partial charge in [0.2, 0.25) is 0 Å². The van der Waals surface area contributed by atoms with Crippen LogP contribution in [0.25, 0.3) is 11.0 Å². The third-order valence-electron chi connectivity index (χ3n) is 3.62. The van der Waals surface area contributed by atoms with Gasteiger partial charge in [-0.2, -0.15) is 0 Å². The lowest BCUT2D eigenvalue weighted by Crippen LogP contribution is -1.91. The van der Waals surface area contributed by atoms with Gasteiger partial charge in [0, 0.05) is 28.9 Å². The zero-order valence-corrected chi connectivity index (χ0v) is 15.2. The second kappa shape index (κ2) is 8.01. The van der Waals surface area contributed by atoms with Gasteiger partial charge in [0.25, 0.3) is 0 Å². The number of fused-ring (bicyclic) bond motifs is 1. The number of carbonyl (C=O) groups excluding carboxylic acids is 1. The molecule has 6 heteroatoms. The molecular formula is C20H17FN2O2S.